The number of anilines is 1. The van der Waals surface area contributed by atoms with Crippen LogP contribution in [0.1, 0.15) is 37.8 Å². The van der Waals surface area contributed by atoms with Gasteiger partial charge in [0.2, 0.25) is 5.96 Å². The van der Waals surface area contributed by atoms with E-state index in [0.29, 0.717) is 12.0 Å². The van der Waals surface area contributed by atoms with Gasteiger partial charge in [0.25, 0.3) is 0 Å². The van der Waals surface area contributed by atoms with E-state index in [1.54, 1.807) is 0 Å². The van der Waals surface area contributed by atoms with Crippen LogP contribution in [-0.2, 0) is 12.8 Å². The summed E-state index contributed by atoms with van der Waals surface area (Å²) >= 11 is 0. The van der Waals surface area contributed by atoms with Crippen molar-refractivity contribution in [3.8, 4) is 0 Å². The summed E-state index contributed by atoms with van der Waals surface area (Å²) in [7, 11) is 0. The third kappa shape index (κ3) is 3.01. The monoisotopic (exact) mass is 246 g/mol. The fourth-order valence-electron chi connectivity index (χ4n) is 2.01. The number of hydrogen-bond donors (Lipinski definition) is 3. The van der Waals surface area contributed by atoms with Crippen molar-refractivity contribution in [1.82, 2.24) is 5.43 Å². The van der Waals surface area contributed by atoms with Crippen molar-refractivity contribution >= 4 is 11.6 Å². The van der Waals surface area contributed by atoms with Gasteiger partial charge in [-0.2, -0.15) is 0 Å². The molecule has 98 valence electrons. The zero-order chi connectivity index (χ0) is 13.0. The van der Waals surface area contributed by atoms with Crippen LogP contribution in [0.15, 0.2) is 23.2 Å². The predicted octanol–water partition coefficient (Wildman–Crippen LogP) is 2.21. The minimum Gasteiger partial charge on any atom is -0.325 e. The van der Waals surface area contributed by atoms with Gasteiger partial charge in [0.05, 0.1) is 6.04 Å². The largest absolute Gasteiger partial charge is 0.325 e. The molecule has 1 saturated carbocycles. The molecule has 1 aliphatic carbocycles. The first-order chi connectivity index (χ1) is 8.78. The van der Waals surface area contributed by atoms with Crippen LogP contribution in [0, 0.1) is 0 Å². The summed E-state index contributed by atoms with van der Waals surface area (Å²) in [4.78, 5) is 4.52. The topological polar surface area (TPSA) is 62.4 Å². The van der Waals surface area contributed by atoms with Crippen LogP contribution >= 0.6 is 0 Å². The third-order valence-electron chi connectivity index (χ3n) is 3.24. The van der Waals surface area contributed by atoms with Gasteiger partial charge < -0.3 is 5.32 Å². The van der Waals surface area contributed by atoms with E-state index >= 15 is 0 Å². The molecule has 0 saturated heterocycles. The average molecular weight is 246 g/mol. The molecule has 4 N–H and O–H groups in total. The molecule has 1 aromatic rings. The molecule has 2 rings (SSSR count). The lowest BCUT2D eigenvalue weighted by molar-refractivity contribution is 0.962. The number of benzene rings is 1. The van der Waals surface area contributed by atoms with Gasteiger partial charge in [-0.25, -0.2) is 10.8 Å². The Kier molecular flexibility index (Phi) is 4.20. The molecule has 0 aromatic heterocycles. The maximum Gasteiger partial charge on any atom is 0.210 e. The third-order valence-corrected chi connectivity index (χ3v) is 3.24. The second kappa shape index (κ2) is 5.87. The predicted molar refractivity (Wildman–Crippen MR) is 76.6 cm³/mol. The molecule has 1 aromatic carbocycles. The highest BCUT2D eigenvalue weighted by molar-refractivity contribution is 5.95. The summed E-state index contributed by atoms with van der Waals surface area (Å²) in [5, 5.41) is 3.35. The van der Waals surface area contributed by atoms with Gasteiger partial charge in [-0.1, -0.05) is 32.0 Å². The Morgan fingerprint density at radius 3 is 2.33 bits per heavy atom. The van der Waals surface area contributed by atoms with Crippen LogP contribution < -0.4 is 16.6 Å². The maximum atomic E-state index is 5.54. The van der Waals surface area contributed by atoms with Gasteiger partial charge in [0.1, 0.15) is 0 Å². The van der Waals surface area contributed by atoms with Gasteiger partial charge in [0, 0.05) is 5.69 Å². The number of hydrazine groups is 1. The molecule has 4 heteroatoms. The smallest absolute Gasteiger partial charge is 0.210 e. The molecule has 1 fully saturated rings. The van der Waals surface area contributed by atoms with Crippen LogP contribution in [0.3, 0.4) is 0 Å². The minimum atomic E-state index is 0.447. The van der Waals surface area contributed by atoms with Crippen LogP contribution in [0.2, 0.25) is 0 Å². The van der Waals surface area contributed by atoms with Crippen molar-refractivity contribution in [3.63, 3.8) is 0 Å². The second-order valence-electron chi connectivity index (χ2n) is 4.64. The average Bonchev–Trinajstić information content (AvgIpc) is 3.21. The highest BCUT2D eigenvalue weighted by Gasteiger charge is 2.21. The molecule has 0 atom stereocenters. The molecule has 0 spiro atoms. The van der Waals surface area contributed by atoms with Crippen LogP contribution in [0.5, 0.6) is 0 Å². The summed E-state index contributed by atoms with van der Waals surface area (Å²) in [6.45, 7) is 4.32. The Bertz CT molecular complexity index is 413. The lowest BCUT2D eigenvalue weighted by Crippen LogP contribution is -2.37. The number of hydrogen-bond acceptors (Lipinski definition) is 2. The standard InChI is InChI=1S/C14H22N4/c1-3-10-6-5-7-11(4-2)13(10)17-14(18-15)16-12-8-9-12/h5-7,12H,3-4,8-9,15H2,1-2H3,(H2,16,17,18). The minimum absolute atomic E-state index is 0.447. The number of nitrogens with two attached hydrogens (primary N) is 1. The van der Waals surface area contributed by atoms with E-state index in [1.807, 2.05) is 0 Å². The van der Waals surface area contributed by atoms with E-state index in [1.165, 1.54) is 24.0 Å². The number of aliphatic imine (C=N–C) groups is 1. The van der Waals surface area contributed by atoms with Crippen LogP contribution in [0.4, 0.5) is 5.69 Å². The molecular weight excluding hydrogens is 224 g/mol. The molecule has 18 heavy (non-hydrogen) atoms. The molecular formula is C14H22N4. The summed E-state index contributed by atoms with van der Waals surface area (Å²) in [6.07, 6.45) is 4.33. The number of nitrogens with one attached hydrogen (secondary N) is 2. The Morgan fingerprint density at radius 2 is 1.89 bits per heavy atom. The van der Waals surface area contributed by atoms with Crippen molar-refractivity contribution in [3.05, 3.63) is 29.3 Å². The normalized spacial score (nSPS) is 15.6. The van der Waals surface area contributed by atoms with Crippen LogP contribution in [0.25, 0.3) is 0 Å². The van der Waals surface area contributed by atoms with Gasteiger partial charge in [-0.15, -0.1) is 0 Å². The molecule has 0 amide bonds. The van der Waals surface area contributed by atoms with E-state index in [9.17, 15) is 0 Å². The summed E-state index contributed by atoms with van der Waals surface area (Å²) in [5.41, 5.74) is 6.41. The Labute approximate surface area is 109 Å². The van der Waals surface area contributed by atoms with E-state index in [2.05, 4.69) is 47.8 Å². The van der Waals surface area contributed by atoms with Crippen molar-refractivity contribution in [2.24, 2.45) is 10.8 Å². The second-order valence-corrected chi connectivity index (χ2v) is 4.64. The number of rotatable bonds is 4. The van der Waals surface area contributed by atoms with Gasteiger partial charge >= 0.3 is 0 Å². The van der Waals surface area contributed by atoms with Crippen molar-refractivity contribution < 1.29 is 0 Å². The molecule has 0 bridgehead atoms. The summed E-state index contributed by atoms with van der Waals surface area (Å²) in [5.74, 6) is 6.21. The number of nitrogens with zero attached hydrogens (tertiary/aromatic N) is 1. The highest BCUT2D eigenvalue weighted by Crippen LogP contribution is 2.25. The molecule has 0 unspecified atom stereocenters. The van der Waals surface area contributed by atoms with Crippen molar-refractivity contribution in [2.75, 3.05) is 5.32 Å². The number of guanidine groups is 1. The van der Waals surface area contributed by atoms with Gasteiger partial charge in [-0.3, -0.25) is 5.43 Å². The Balaban J connectivity index is 2.25. The summed E-state index contributed by atoms with van der Waals surface area (Å²) < 4.78 is 0. The van der Waals surface area contributed by atoms with Crippen molar-refractivity contribution in [1.29, 1.82) is 0 Å². The lowest BCUT2D eigenvalue weighted by atomic mass is 10.0. The maximum absolute atomic E-state index is 5.54. The van der Waals surface area contributed by atoms with E-state index < -0.39 is 0 Å². The van der Waals surface area contributed by atoms with E-state index in [0.717, 1.165) is 18.5 Å². The Morgan fingerprint density at radius 1 is 1.28 bits per heavy atom. The molecule has 1 aliphatic rings. The first-order valence-corrected chi connectivity index (χ1v) is 6.70. The highest BCUT2D eigenvalue weighted by atomic mass is 15.3. The lowest BCUT2D eigenvalue weighted by Gasteiger charge is -2.16. The quantitative estimate of drug-likeness (QED) is 0.330. The zero-order valence-corrected chi connectivity index (χ0v) is 11.2. The van der Waals surface area contributed by atoms with Gasteiger partial charge in [0.15, 0.2) is 0 Å². The molecule has 0 aliphatic heterocycles. The van der Waals surface area contributed by atoms with Crippen molar-refractivity contribution in [2.45, 2.75) is 45.6 Å². The van der Waals surface area contributed by atoms with E-state index in [-0.39, 0.29) is 0 Å². The molecule has 4 nitrogen and oxygen atoms in total. The first-order valence-electron chi connectivity index (χ1n) is 6.70. The Hall–Kier alpha value is -1.55. The first kappa shape index (κ1) is 12.9. The van der Waals surface area contributed by atoms with E-state index in [4.69, 9.17) is 5.84 Å². The van der Waals surface area contributed by atoms with Gasteiger partial charge in [-0.05, 0) is 36.8 Å². The molecule has 0 heterocycles. The fourth-order valence-corrected chi connectivity index (χ4v) is 2.01. The fraction of sp³-hybridized carbons (Fsp3) is 0.500. The molecule has 0 radical (unpaired) electrons. The number of aryl methyl sites for hydroxylation is 2. The zero-order valence-electron chi connectivity index (χ0n) is 11.2. The SMILES string of the molecule is CCc1cccc(CC)c1NC(=NC1CC1)NN. The summed E-state index contributed by atoms with van der Waals surface area (Å²) in [6, 6.07) is 6.85. The van der Waals surface area contributed by atoms with Crippen LogP contribution in [-0.4, -0.2) is 12.0 Å². The number of para-hydroxylation sites is 1.